The van der Waals surface area contributed by atoms with E-state index in [1.54, 1.807) is 17.0 Å². The summed E-state index contributed by atoms with van der Waals surface area (Å²) in [5, 5.41) is 11.3. The van der Waals surface area contributed by atoms with Crippen molar-refractivity contribution in [3.8, 4) is 5.75 Å². The fraction of sp³-hybridized carbons (Fsp3) is 0.464. The van der Waals surface area contributed by atoms with E-state index in [-0.39, 0.29) is 11.8 Å². The Morgan fingerprint density at radius 1 is 1.08 bits per heavy atom. The first-order valence-corrected chi connectivity index (χ1v) is 13.0. The quantitative estimate of drug-likeness (QED) is 0.498. The highest BCUT2D eigenvalue weighted by Crippen LogP contribution is 2.25. The lowest BCUT2D eigenvalue weighted by Crippen LogP contribution is -2.46. The summed E-state index contributed by atoms with van der Waals surface area (Å²) < 4.78 is 32.5. The average Bonchev–Trinajstić information content (AvgIpc) is 2.85. The minimum absolute atomic E-state index is 0.103. The standard InChI is InChI=1S/C28H33ClF2N2O3/c29-23-2-1-3-26(16-23)36-19-22-9-11-32(18-27(22)34)10-6-20-7-12-33(13-8-20)28(35)5-4-21-14-24(30)17-25(31)15-21/h1-5,14-17,20,22,27,34H,6-13,18-19H2/b5-4+. The highest BCUT2D eigenvalue weighted by atomic mass is 35.5. The van der Waals surface area contributed by atoms with Gasteiger partial charge in [0.2, 0.25) is 5.91 Å². The third kappa shape index (κ3) is 7.76. The van der Waals surface area contributed by atoms with Crippen LogP contribution in [0.4, 0.5) is 8.78 Å². The number of aliphatic hydroxyl groups excluding tert-OH is 1. The molecule has 0 aromatic heterocycles. The monoisotopic (exact) mass is 518 g/mol. The number of nitrogens with zero attached hydrogens (tertiary/aromatic N) is 2. The number of halogens is 3. The predicted octanol–water partition coefficient (Wildman–Crippen LogP) is 5.02. The maximum atomic E-state index is 13.3. The topological polar surface area (TPSA) is 53.0 Å². The number of likely N-dealkylation sites (tertiary alicyclic amines) is 2. The van der Waals surface area contributed by atoms with Gasteiger partial charge in [-0.15, -0.1) is 0 Å². The van der Waals surface area contributed by atoms with Crippen molar-refractivity contribution in [2.75, 3.05) is 39.3 Å². The Morgan fingerprint density at radius 2 is 1.83 bits per heavy atom. The Kier molecular flexibility index (Phi) is 9.35. The molecular formula is C28H33ClF2N2O3. The van der Waals surface area contributed by atoms with E-state index in [0.29, 0.717) is 42.7 Å². The third-order valence-electron chi connectivity index (χ3n) is 7.15. The van der Waals surface area contributed by atoms with Gasteiger partial charge in [-0.25, -0.2) is 8.78 Å². The van der Waals surface area contributed by atoms with Crippen LogP contribution in [-0.4, -0.2) is 66.2 Å². The molecule has 0 radical (unpaired) electrons. The van der Waals surface area contributed by atoms with Crippen LogP contribution in [-0.2, 0) is 4.79 Å². The van der Waals surface area contributed by atoms with Gasteiger partial charge < -0.3 is 19.6 Å². The van der Waals surface area contributed by atoms with Crippen molar-refractivity contribution in [1.82, 2.24) is 9.80 Å². The minimum atomic E-state index is -0.662. The van der Waals surface area contributed by atoms with Crippen LogP contribution in [0.1, 0.15) is 31.2 Å². The van der Waals surface area contributed by atoms with E-state index in [0.717, 1.165) is 50.6 Å². The number of hydrogen-bond donors (Lipinski definition) is 1. The van der Waals surface area contributed by atoms with Crippen LogP contribution in [0.25, 0.3) is 6.08 Å². The van der Waals surface area contributed by atoms with Crippen molar-refractivity contribution in [3.05, 3.63) is 70.8 Å². The van der Waals surface area contributed by atoms with Gasteiger partial charge in [-0.1, -0.05) is 17.7 Å². The Balaban J connectivity index is 1.14. The molecule has 2 aromatic rings. The number of hydrogen-bond acceptors (Lipinski definition) is 4. The van der Waals surface area contributed by atoms with E-state index in [2.05, 4.69) is 4.90 Å². The third-order valence-corrected chi connectivity index (χ3v) is 7.38. The van der Waals surface area contributed by atoms with E-state index < -0.39 is 17.7 Å². The molecule has 1 N–H and O–H groups in total. The van der Waals surface area contributed by atoms with Crippen LogP contribution in [0, 0.1) is 23.5 Å². The number of piperidine rings is 2. The molecule has 4 rings (SSSR count). The zero-order chi connectivity index (χ0) is 25.5. The largest absolute Gasteiger partial charge is 0.493 e. The van der Waals surface area contributed by atoms with Gasteiger partial charge in [-0.2, -0.15) is 0 Å². The first kappa shape index (κ1) is 26.6. The molecule has 0 spiro atoms. The van der Waals surface area contributed by atoms with Crippen molar-refractivity contribution >= 4 is 23.6 Å². The molecule has 36 heavy (non-hydrogen) atoms. The molecule has 0 bridgehead atoms. The number of rotatable bonds is 8. The van der Waals surface area contributed by atoms with Crippen molar-refractivity contribution in [1.29, 1.82) is 0 Å². The fourth-order valence-corrected chi connectivity index (χ4v) is 5.13. The summed E-state index contributed by atoms with van der Waals surface area (Å²) in [7, 11) is 0. The second-order valence-electron chi connectivity index (χ2n) is 9.78. The normalized spacial score (nSPS) is 21.7. The van der Waals surface area contributed by atoms with E-state index in [9.17, 15) is 18.7 Å². The summed E-state index contributed by atoms with van der Waals surface area (Å²) in [5.74, 6) is -0.0949. The minimum Gasteiger partial charge on any atom is -0.493 e. The molecule has 8 heteroatoms. The van der Waals surface area contributed by atoms with Gasteiger partial charge in [0.05, 0.1) is 12.7 Å². The Bertz CT molecular complexity index is 1040. The summed E-state index contributed by atoms with van der Waals surface area (Å²) in [6, 6.07) is 10.5. The van der Waals surface area contributed by atoms with Gasteiger partial charge in [-0.3, -0.25) is 4.79 Å². The van der Waals surface area contributed by atoms with Crippen LogP contribution >= 0.6 is 11.6 Å². The molecule has 2 aliphatic rings. The Labute approximate surface area is 216 Å². The average molecular weight is 519 g/mol. The molecule has 2 saturated heterocycles. The number of β-amino-alcohol motifs (C(OH)–C–C–N with tert-alkyl or cyclic N) is 1. The molecule has 2 unspecified atom stereocenters. The second-order valence-corrected chi connectivity index (χ2v) is 10.2. The summed E-state index contributed by atoms with van der Waals surface area (Å²) in [5.41, 5.74) is 0.331. The van der Waals surface area contributed by atoms with E-state index >= 15 is 0 Å². The highest BCUT2D eigenvalue weighted by molar-refractivity contribution is 6.30. The zero-order valence-electron chi connectivity index (χ0n) is 20.3. The lowest BCUT2D eigenvalue weighted by atomic mass is 9.91. The number of carbonyl (C=O) groups excluding carboxylic acids is 1. The highest BCUT2D eigenvalue weighted by Gasteiger charge is 2.29. The number of carbonyl (C=O) groups is 1. The van der Waals surface area contributed by atoms with Crippen molar-refractivity contribution in [2.24, 2.45) is 11.8 Å². The zero-order valence-corrected chi connectivity index (χ0v) is 21.0. The molecule has 2 fully saturated rings. The molecule has 2 heterocycles. The first-order valence-electron chi connectivity index (χ1n) is 12.6. The van der Waals surface area contributed by atoms with Crippen LogP contribution in [0.5, 0.6) is 5.75 Å². The SMILES string of the molecule is O=C(/C=C/c1cc(F)cc(F)c1)N1CCC(CCN2CCC(COc3cccc(Cl)c3)C(O)C2)CC1. The molecule has 2 atom stereocenters. The van der Waals surface area contributed by atoms with Gasteiger partial charge in [0.25, 0.3) is 0 Å². The van der Waals surface area contributed by atoms with E-state index in [1.807, 2.05) is 12.1 Å². The summed E-state index contributed by atoms with van der Waals surface area (Å²) in [6.07, 6.45) is 6.20. The van der Waals surface area contributed by atoms with Gasteiger partial charge in [0.1, 0.15) is 17.4 Å². The van der Waals surface area contributed by atoms with Crippen LogP contribution in [0.15, 0.2) is 48.5 Å². The van der Waals surface area contributed by atoms with E-state index in [4.69, 9.17) is 16.3 Å². The van der Waals surface area contributed by atoms with Gasteiger partial charge in [0, 0.05) is 42.7 Å². The maximum Gasteiger partial charge on any atom is 0.246 e. The molecule has 194 valence electrons. The molecule has 0 saturated carbocycles. The van der Waals surface area contributed by atoms with Crippen molar-refractivity contribution in [2.45, 2.75) is 31.8 Å². The van der Waals surface area contributed by atoms with E-state index in [1.165, 1.54) is 24.3 Å². The van der Waals surface area contributed by atoms with Crippen LogP contribution in [0.3, 0.4) is 0 Å². The number of aliphatic hydroxyl groups is 1. The number of amides is 1. The number of ether oxygens (including phenoxy) is 1. The molecule has 5 nitrogen and oxygen atoms in total. The van der Waals surface area contributed by atoms with Gasteiger partial charge >= 0.3 is 0 Å². The molecule has 2 aliphatic heterocycles. The van der Waals surface area contributed by atoms with Gasteiger partial charge in [-0.05, 0) is 86.7 Å². The maximum absolute atomic E-state index is 13.3. The molecule has 1 amide bonds. The predicted molar refractivity (Wildman–Crippen MR) is 137 cm³/mol. The summed E-state index contributed by atoms with van der Waals surface area (Å²) in [4.78, 5) is 16.6. The summed E-state index contributed by atoms with van der Waals surface area (Å²) >= 11 is 6.00. The Hall–Kier alpha value is -2.48. The first-order chi connectivity index (χ1) is 17.4. The summed E-state index contributed by atoms with van der Waals surface area (Å²) in [6.45, 7) is 4.34. The smallest absolute Gasteiger partial charge is 0.246 e. The van der Waals surface area contributed by atoms with Gasteiger partial charge in [0.15, 0.2) is 0 Å². The van der Waals surface area contributed by atoms with Crippen molar-refractivity contribution in [3.63, 3.8) is 0 Å². The molecular weight excluding hydrogens is 486 g/mol. The molecule has 0 aliphatic carbocycles. The lowest BCUT2D eigenvalue weighted by molar-refractivity contribution is -0.127. The Morgan fingerprint density at radius 3 is 2.53 bits per heavy atom. The second kappa shape index (κ2) is 12.7. The fourth-order valence-electron chi connectivity index (χ4n) is 4.95. The lowest BCUT2D eigenvalue weighted by Gasteiger charge is -2.37. The molecule has 2 aromatic carbocycles. The number of benzene rings is 2. The van der Waals surface area contributed by atoms with Crippen molar-refractivity contribution < 1.29 is 23.4 Å². The van der Waals surface area contributed by atoms with Crippen LogP contribution in [0.2, 0.25) is 5.02 Å². The van der Waals surface area contributed by atoms with Crippen LogP contribution < -0.4 is 4.74 Å².